The summed E-state index contributed by atoms with van der Waals surface area (Å²) in [4.78, 5) is 63.6. The molecule has 1 atom stereocenters. The Balaban J connectivity index is 0.000000150. The van der Waals surface area contributed by atoms with E-state index in [0.717, 1.165) is 178 Å². The predicted molar refractivity (Wildman–Crippen MR) is 540 cm³/mol. The Morgan fingerprint density at radius 2 is 0.840 bits per heavy atom. The Kier molecular flexibility index (Phi) is 43.1. The number of Topliss-reactive ketones (excluding diaryl/α,β-unsaturated/α-hetero) is 1. The van der Waals surface area contributed by atoms with E-state index in [9.17, 15) is 9.59 Å². The number of carbonyl (C=O) groups is 2. The van der Waals surface area contributed by atoms with Gasteiger partial charge in [0.2, 0.25) is 0 Å². The van der Waals surface area contributed by atoms with Gasteiger partial charge in [0.15, 0.2) is 18.2 Å². The topological polar surface area (TPSA) is 240 Å². The molecule has 1 fully saturated rings. The van der Waals surface area contributed by atoms with Gasteiger partial charge in [-0.3, -0.25) is 19.7 Å². The van der Waals surface area contributed by atoms with Gasteiger partial charge in [0.25, 0.3) is 0 Å². The fourth-order valence-electron chi connectivity index (χ4n) is 13.3. The monoisotopic (exact) mass is 1980 g/mol. The number of ether oxygens (including phenoxy) is 6. The van der Waals surface area contributed by atoms with Crippen LogP contribution in [0.2, 0.25) is 10.0 Å². The maximum absolute atomic E-state index is 12.2. The van der Waals surface area contributed by atoms with Crippen molar-refractivity contribution in [3.8, 4) is 76.8 Å². The molecule has 17 rings (SSSR count). The summed E-state index contributed by atoms with van der Waals surface area (Å²) in [6, 6.07) is 54.2. The maximum Gasteiger partial charge on any atom is 0.335 e. The van der Waals surface area contributed by atoms with Crippen LogP contribution < -0.4 is 38.7 Å². The van der Waals surface area contributed by atoms with Crippen molar-refractivity contribution in [2.75, 3.05) is 115 Å². The number of carbonyl (C=O) groups excluding carboxylic acids is 1. The number of ketones is 1. The number of rotatable bonds is 33. The number of fused-ring (bicyclic) bond motifs is 4. The number of thiazole rings is 4. The highest BCUT2D eigenvalue weighted by molar-refractivity contribution is 7.22. The number of aryl methyl sites for hydroxylation is 1. The van der Waals surface area contributed by atoms with E-state index >= 15 is 0 Å². The van der Waals surface area contributed by atoms with Crippen molar-refractivity contribution in [2.24, 2.45) is 7.05 Å². The van der Waals surface area contributed by atoms with Gasteiger partial charge in [0.05, 0.1) is 89.1 Å². The zero-order chi connectivity index (χ0) is 92.5. The molecule has 11 heterocycles. The minimum atomic E-state index is -0.933. The molecule has 8 aromatic heterocycles. The first-order valence-electron chi connectivity index (χ1n) is 43.3. The van der Waals surface area contributed by atoms with E-state index in [4.69, 9.17) is 130 Å². The Hall–Kier alpha value is -9.39. The van der Waals surface area contributed by atoms with Crippen LogP contribution in [0.1, 0.15) is 106 Å². The van der Waals surface area contributed by atoms with Gasteiger partial charge in [-0.05, 0) is 261 Å². The molecule has 32 heteroatoms. The molecule has 0 amide bonds. The summed E-state index contributed by atoms with van der Waals surface area (Å²) in [7, 11) is 6.32. The molecule has 1 unspecified atom stereocenters. The lowest BCUT2D eigenvalue weighted by atomic mass is 10.0. The molecule has 0 bridgehead atoms. The van der Waals surface area contributed by atoms with Crippen LogP contribution in [0.3, 0.4) is 0 Å². The molecule has 0 radical (unpaired) electrons. The predicted octanol–water partition coefficient (Wildman–Crippen LogP) is 23.9. The Morgan fingerprint density at radius 1 is 0.458 bits per heavy atom. The number of aromatic nitrogens is 8. The molecule has 0 aliphatic carbocycles. The van der Waals surface area contributed by atoms with Gasteiger partial charge in [-0.1, -0.05) is 23.2 Å². The molecular weight excluding hydrogens is 1880 g/mol. The molecule has 1 saturated heterocycles. The number of pyridine rings is 4. The van der Waals surface area contributed by atoms with E-state index in [-0.39, 0.29) is 17.8 Å². The van der Waals surface area contributed by atoms with E-state index in [2.05, 4.69) is 103 Å². The van der Waals surface area contributed by atoms with E-state index in [1.807, 2.05) is 113 Å². The van der Waals surface area contributed by atoms with Gasteiger partial charge in [-0.15, -0.1) is 103 Å². The molecule has 0 saturated carbocycles. The second-order valence-electron chi connectivity index (χ2n) is 30.6. The molecular formula is C99H108Cl7N12O9S4+. The average molecular weight is 1990 g/mol. The number of aromatic carboxylic acids is 1. The van der Waals surface area contributed by atoms with E-state index in [0.29, 0.717) is 89.5 Å². The summed E-state index contributed by atoms with van der Waals surface area (Å²) in [6.45, 7) is 12.8. The van der Waals surface area contributed by atoms with Crippen molar-refractivity contribution in [3.63, 3.8) is 0 Å². The number of hydrogen-bond donors (Lipinski definition) is 2. The van der Waals surface area contributed by atoms with Crippen molar-refractivity contribution < 1.29 is 47.7 Å². The van der Waals surface area contributed by atoms with Crippen molar-refractivity contribution in [1.29, 1.82) is 0 Å². The van der Waals surface area contributed by atoms with Gasteiger partial charge < -0.3 is 54.0 Å². The van der Waals surface area contributed by atoms with Crippen molar-refractivity contribution in [3.05, 3.63) is 267 Å². The number of alkyl halides is 5. The summed E-state index contributed by atoms with van der Waals surface area (Å²) < 4.78 is 37.9. The number of nitrogen functional groups attached to an aromatic ring is 1. The standard InChI is InChI=1S/C21H29N3OS.C16H15Cl2NO2.C16H19ClN2OS.C16H16ClN2OS.C15H13ClN2OS.C10H11ClO3.C5H5ClN2/c1-16-5-3-11-24(16)12-4-14-25-18-8-6-17(7-9-18)21-22-19-15-23(2)13-10-20(19)26-21;17-7-1-9-21-14-4-2-12(3-5-14)16(20)10-13-11-19-8-6-15(13)18;2*1-19-9-7-15-14(11-19)18-16(21-15)12-3-5-13(6-4-12)20-10-2-8-17;16-7-1-9-19-12-4-2-11(3-5-12)15-18-13-10-17-8-6-14(13)20-15;11-6-1-7-14-9-4-2-8(3-5-9)10(12)13;6-4-1-2-8-3-5(4)7/h6-9,16H,3-5,10-15H2,1-2H3;2-6,8,11H,1,7,9-10H2;3-6H,2,7-11H2,1H3;3-7,9,11H,2,8,10H2,1H3;2-6,8,10H,1,7,9H2;2-5H,1,6-7H2,(H,12,13);1-3H,7H2/q;;;+1;;;. The van der Waals surface area contributed by atoms with Crippen LogP contribution in [0.5, 0.6) is 34.5 Å². The summed E-state index contributed by atoms with van der Waals surface area (Å²) in [5.41, 5.74) is 16.5. The first-order chi connectivity index (χ1) is 63.8. The van der Waals surface area contributed by atoms with Gasteiger partial charge in [0, 0.05) is 148 Å². The third-order valence-corrected chi connectivity index (χ3v) is 27.1. The minimum Gasteiger partial charge on any atom is -0.494 e. The largest absolute Gasteiger partial charge is 0.494 e. The van der Waals surface area contributed by atoms with Crippen molar-refractivity contribution in [2.45, 2.75) is 96.7 Å². The summed E-state index contributed by atoms with van der Waals surface area (Å²) >= 11 is 46.6. The molecule has 21 nitrogen and oxygen atoms in total. The first-order valence-corrected chi connectivity index (χ1v) is 49.9. The zero-order valence-electron chi connectivity index (χ0n) is 73.6. The van der Waals surface area contributed by atoms with Crippen LogP contribution in [0, 0.1) is 0 Å². The van der Waals surface area contributed by atoms with E-state index in [1.165, 1.54) is 74.7 Å². The summed E-state index contributed by atoms with van der Waals surface area (Å²) in [6.07, 6.45) is 24.4. The highest BCUT2D eigenvalue weighted by atomic mass is 35.5. The number of carboxylic acid groups (broad SMARTS) is 1. The smallest absolute Gasteiger partial charge is 0.335 e. The maximum atomic E-state index is 12.2. The Labute approximate surface area is 817 Å². The van der Waals surface area contributed by atoms with E-state index in [1.54, 1.807) is 102 Å². The number of anilines is 1. The fourth-order valence-corrected chi connectivity index (χ4v) is 18.2. The molecule has 3 aliphatic heterocycles. The SMILES string of the molecule is CC1CCCN1CCCOc1ccc(-c2nc3c(s2)CCN(C)C3)cc1.CN1CCc2sc(-c3ccc(OCCCCl)cc3)nc2C1.C[n+]1ccc2sc(-c3ccc(OCCCCl)cc3)nc2c1.ClCCCOc1ccc(-c2nc3cnccc3s2)cc1.Nc1cnccc1Cl.O=C(Cc1cnccc1Cl)c1ccc(OCCCCl)cc1.O=C(O)c1ccc(OCCCCl)cc1. The van der Waals surface area contributed by atoms with Gasteiger partial charge in [0.1, 0.15) is 72.6 Å². The van der Waals surface area contributed by atoms with Crippen LogP contribution in [0.15, 0.2) is 219 Å². The molecule has 3 N–H and O–H groups in total. The third kappa shape index (κ3) is 33.6. The summed E-state index contributed by atoms with van der Waals surface area (Å²) in [5, 5.41) is 14.0. The lowest BCUT2D eigenvalue weighted by molar-refractivity contribution is -0.670. The number of carboxylic acids is 1. The number of halogens is 7. The molecule has 3 aliphatic rings. The quantitative estimate of drug-likeness (QED) is 0.0168. The number of nitrogens with zero attached hydrogens (tertiary/aromatic N) is 11. The van der Waals surface area contributed by atoms with Crippen molar-refractivity contribution in [1.82, 2.24) is 49.6 Å². The van der Waals surface area contributed by atoms with Crippen LogP contribution in [0.25, 0.3) is 62.7 Å². The number of benzene rings is 6. The van der Waals surface area contributed by atoms with Gasteiger partial charge >= 0.3 is 5.97 Å². The van der Waals surface area contributed by atoms with Crippen LogP contribution >= 0.6 is 127 Å². The van der Waals surface area contributed by atoms with Gasteiger partial charge in [-0.25, -0.2) is 29.3 Å². The summed E-state index contributed by atoms with van der Waals surface area (Å²) in [5.74, 6) is 7.07. The third-order valence-electron chi connectivity index (χ3n) is 20.5. The average Bonchev–Trinajstić information content (AvgIpc) is 1.68. The van der Waals surface area contributed by atoms with Gasteiger partial charge in [-0.2, -0.15) is 0 Å². The minimum absolute atomic E-state index is 0.00259. The molecule has 0 spiro atoms. The van der Waals surface area contributed by atoms with Crippen LogP contribution in [-0.2, 0) is 39.4 Å². The zero-order valence-corrected chi connectivity index (χ0v) is 82.2. The lowest BCUT2D eigenvalue weighted by Gasteiger charge is -2.20. The molecule has 6 aromatic carbocycles. The number of likely N-dealkylation sites (tertiary alicyclic amines) is 1. The number of hydrogen-bond acceptors (Lipinski definition) is 23. The second kappa shape index (κ2) is 55.3. The lowest BCUT2D eigenvalue weighted by Crippen LogP contribution is -2.28. The highest BCUT2D eigenvalue weighted by Crippen LogP contribution is 2.37. The Morgan fingerprint density at radius 3 is 1.23 bits per heavy atom. The van der Waals surface area contributed by atoms with Crippen LogP contribution in [0.4, 0.5) is 5.69 Å². The Bertz CT molecular complexity index is 5720. The number of likely N-dealkylation sites (N-methyl/N-ethyl adjacent to an activating group) is 2. The van der Waals surface area contributed by atoms with Crippen LogP contribution in [-0.4, -0.2) is 182 Å². The fraction of sp³-hybridized carbons (Fsp3) is 0.333. The first kappa shape index (κ1) is 102. The molecule has 14 aromatic rings. The van der Waals surface area contributed by atoms with Crippen molar-refractivity contribution >= 4 is 164 Å². The molecule has 690 valence electrons. The second-order valence-corrected chi connectivity index (χ2v) is 37.5. The van der Waals surface area contributed by atoms with E-state index < -0.39 is 5.97 Å². The molecule has 131 heavy (non-hydrogen) atoms. The normalized spacial score (nSPS) is 13.3. The number of nitrogens with two attached hydrogens (primary N) is 1. The highest BCUT2D eigenvalue weighted by Gasteiger charge is 2.23.